The average Bonchev–Trinajstić information content (AvgIpc) is 2.50. The van der Waals surface area contributed by atoms with Gasteiger partial charge in [0.2, 0.25) is 5.91 Å². The fourth-order valence-corrected chi connectivity index (χ4v) is 1.84. The lowest BCUT2D eigenvalue weighted by Gasteiger charge is -2.15. The standard InChI is InChI=1S/C17H22N2O3/c1-5-19(11-10-18)17(20)9-7-14-6-8-15(22-13(2)3)16(12-14)21-4/h6-9,12-13H,5,11H2,1-4H3. The Hall–Kier alpha value is -2.48. The van der Waals surface area contributed by atoms with Crippen molar-refractivity contribution in [1.82, 2.24) is 4.90 Å². The Kier molecular flexibility index (Phi) is 6.97. The molecule has 0 fully saturated rings. The first-order chi connectivity index (χ1) is 10.5. The number of carbonyl (C=O) groups is 1. The molecule has 0 bridgehead atoms. The summed E-state index contributed by atoms with van der Waals surface area (Å²) in [4.78, 5) is 13.4. The Morgan fingerprint density at radius 1 is 1.41 bits per heavy atom. The third kappa shape index (κ3) is 5.13. The van der Waals surface area contributed by atoms with Crippen LogP contribution < -0.4 is 9.47 Å². The van der Waals surface area contributed by atoms with E-state index in [1.807, 2.05) is 45.0 Å². The Balaban J connectivity index is 2.88. The quantitative estimate of drug-likeness (QED) is 0.574. The molecule has 1 aromatic rings. The highest BCUT2D eigenvalue weighted by molar-refractivity contribution is 5.92. The number of methoxy groups -OCH3 is 1. The highest BCUT2D eigenvalue weighted by Crippen LogP contribution is 2.29. The Labute approximate surface area is 131 Å². The summed E-state index contributed by atoms with van der Waals surface area (Å²) in [6.07, 6.45) is 3.21. The molecule has 0 unspecified atom stereocenters. The number of carbonyl (C=O) groups excluding carboxylic acids is 1. The monoisotopic (exact) mass is 302 g/mol. The van der Waals surface area contributed by atoms with Crippen LogP contribution in [0.15, 0.2) is 24.3 Å². The van der Waals surface area contributed by atoms with Crippen LogP contribution >= 0.6 is 0 Å². The van der Waals surface area contributed by atoms with Gasteiger partial charge < -0.3 is 14.4 Å². The van der Waals surface area contributed by atoms with Crippen LogP contribution in [0.25, 0.3) is 6.08 Å². The van der Waals surface area contributed by atoms with Gasteiger partial charge >= 0.3 is 0 Å². The summed E-state index contributed by atoms with van der Waals surface area (Å²) in [7, 11) is 1.58. The normalized spacial score (nSPS) is 10.5. The van der Waals surface area contributed by atoms with Gasteiger partial charge in [-0.3, -0.25) is 4.79 Å². The SMILES string of the molecule is CCN(CC#N)C(=O)C=Cc1ccc(OC(C)C)c(OC)c1. The van der Waals surface area contributed by atoms with E-state index in [1.165, 1.54) is 11.0 Å². The van der Waals surface area contributed by atoms with E-state index in [4.69, 9.17) is 14.7 Å². The van der Waals surface area contributed by atoms with Crippen molar-refractivity contribution < 1.29 is 14.3 Å². The Morgan fingerprint density at radius 3 is 2.68 bits per heavy atom. The van der Waals surface area contributed by atoms with Crippen LogP contribution in [0.1, 0.15) is 26.3 Å². The summed E-state index contributed by atoms with van der Waals surface area (Å²) in [5.41, 5.74) is 0.828. The molecule has 1 aromatic carbocycles. The second kappa shape index (κ2) is 8.73. The maximum Gasteiger partial charge on any atom is 0.247 e. The topological polar surface area (TPSA) is 62.6 Å². The van der Waals surface area contributed by atoms with Gasteiger partial charge in [0.25, 0.3) is 0 Å². The summed E-state index contributed by atoms with van der Waals surface area (Å²) < 4.78 is 10.9. The summed E-state index contributed by atoms with van der Waals surface area (Å²) in [6, 6.07) is 7.45. The summed E-state index contributed by atoms with van der Waals surface area (Å²) in [5, 5.41) is 8.67. The van der Waals surface area contributed by atoms with Gasteiger partial charge in [0.15, 0.2) is 11.5 Å². The highest BCUT2D eigenvalue weighted by atomic mass is 16.5. The lowest BCUT2D eigenvalue weighted by molar-refractivity contribution is -0.125. The maximum atomic E-state index is 11.9. The van der Waals surface area contributed by atoms with Gasteiger partial charge in [-0.2, -0.15) is 5.26 Å². The molecular weight excluding hydrogens is 280 g/mol. The molecule has 0 aliphatic heterocycles. The molecule has 0 saturated heterocycles. The van der Waals surface area contributed by atoms with E-state index in [1.54, 1.807) is 13.2 Å². The molecule has 0 aliphatic carbocycles. The zero-order chi connectivity index (χ0) is 16.5. The van der Waals surface area contributed by atoms with Crippen molar-refractivity contribution in [2.75, 3.05) is 20.2 Å². The van der Waals surface area contributed by atoms with Crippen LogP contribution in [-0.2, 0) is 4.79 Å². The predicted octanol–water partition coefficient (Wildman–Crippen LogP) is 2.87. The first-order valence-electron chi connectivity index (χ1n) is 7.20. The molecule has 0 N–H and O–H groups in total. The molecule has 0 aliphatic rings. The van der Waals surface area contributed by atoms with E-state index in [-0.39, 0.29) is 18.6 Å². The van der Waals surface area contributed by atoms with E-state index in [2.05, 4.69) is 0 Å². The molecular formula is C17H22N2O3. The third-order valence-electron chi connectivity index (χ3n) is 2.92. The fraction of sp³-hybridized carbons (Fsp3) is 0.412. The second-order valence-corrected chi connectivity index (χ2v) is 4.92. The van der Waals surface area contributed by atoms with Crippen molar-refractivity contribution in [3.8, 4) is 17.6 Å². The average molecular weight is 302 g/mol. The third-order valence-corrected chi connectivity index (χ3v) is 2.92. The van der Waals surface area contributed by atoms with Crippen molar-refractivity contribution in [3.05, 3.63) is 29.8 Å². The highest BCUT2D eigenvalue weighted by Gasteiger charge is 2.09. The zero-order valence-corrected chi connectivity index (χ0v) is 13.5. The first kappa shape index (κ1) is 17.6. The number of benzene rings is 1. The van der Waals surface area contributed by atoms with Crippen molar-refractivity contribution in [2.45, 2.75) is 26.9 Å². The van der Waals surface area contributed by atoms with Crippen molar-refractivity contribution in [2.24, 2.45) is 0 Å². The minimum Gasteiger partial charge on any atom is -0.493 e. The molecule has 5 nitrogen and oxygen atoms in total. The molecule has 5 heteroatoms. The number of nitrogens with zero attached hydrogens (tertiary/aromatic N) is 2. The molecule has 0 spiro atoms. The zero-order valence-electron chi connectivity index (χ0n) is 13.5. The van der Waals surface area contributed by atoms with E-state index >= 15 is 0 Å². The van der Waals surface area contributed by atoms with Crippen LogP contribution in [0, 0.1) is 11.3 Å². The molecule has 118 valence electrons. The van der Waals surface area contributed by atoms with Gasteiger partial charge in [-0.25, -0.2) is 0 Å². The number of nitriles is 1. The largest absolute Gasteiger partial charge is 0.493 e. The molecule has 0 aromatic heterocycles. The number of hydrogen-bond acceptors (Lipinski definition) is 4. The van der Waals surface area contributed by atoms with Gasteiger partial charge in [-0.1, -0.05) is 6.07 Å². The van der Waals surface area contributed by atoms with Crippen LogP contribution in [0.4, 0.5) is 0 Å². The van der Waals surface area contributed by atoms with Crippen LogP contribution in [0.5, 0.6) is 11.5 Å². The van der Waals surface area contributed by atoms with Crippen LogP contribution in [-0.4, -0.2) is 37.1 Å². The summed E-state index contributed by atoms with van der Waals surface area (Å²) in [6.45, 7) is 6.32. The van der Waals surface area contributed by atoms with Gasteiger partial charge in [0.1, 0.15) is 6.54 Å². The van der Waals surface area contributed by atoms with Crippen molar-refractivity contribution in [3.63, 3.8) is 0 Å². The number of likely N-dealkylation sites (N-methyl/N-ethyl adjacent to an activating group) is 1. The van der Waals surface area contributed by atoms with Gasteiger partial charge in [-0.05, 0) is 44.5 Å². The molecule has 0 saturated carbocycles. The lowest BCUT2D eigenvalue weighted by Crippen LogP contribution is -2.29. The minimum atomic E-state index is -0.189. The fourth-order valence-electron chi connectivity index (χ4n) is 1.84. The number of rotatable bonds is 7. The van der Waals surface area contributed by atoms with Crippen LogP contribution in [0.3, 0.4) is 0 Å². The van der Waals surface area contributed by atoms with Crippen LogP contribution in [0.2, 0.25) is 0 Å². The Bertz CT molecular complexity index is 574. The van der Waals surface area contributed by atoms with Crippen molar-refractivity contribution >= 4 is 12.0 Å². The van der Waals surface area contributed by atoms with Gasteiger partial charge in [0.05, 0.1) is 19.3 Å². The van der Waals surface area contributed by atoms with E-state index in [9.17, 15) is 4.79 Å². The number of hydrogen-bond donors (Lipinski definition) is 0. The van der Waals surface area contributed by atoms with Gasteiger partial charge in [-0.15, -0.1) is 0 Å². The second-order valence-electron chi connectivity index (χ2n) is 4.92. The molecule has 0 atom stereocenters. The maximum absolute atomic E-state index is 11.9. The first-order valence-corrected chi connectivity index (χ1v) is 7.20. The lowest BCUT2D eigenvalue weighted by atomic mass is 10.2. The number of ether oxygens (including phenoxy) is 2. The minimum absolute atomic E-state index is 0.0564. The molecule has 1 amide bonds. The van der Waals surface area contributed by atoms with E-state index in [0.29, 0.717) is 18.0 Å². The van der Waals surface area contributed by atoms with Crippen molar-refractivity contribution in [1.29, 1.82) is 5.26 Å². The van der Waals surface area contributed by atoms with E-state index < -0.39 is 0 Å². The molecule has 1 rings (SSSR count). The molecule has 0 radical (unpaired) electrons. The predicted molar refractivity (Wildman–Crippen MR) is 85.7 cm³/mol. The number of amides is 1. The molecule has 0 heterocycles. The van der Waals surface area contributed by atoms with Gasteiger partial charge in [0, 0.05) is 12.6 Å². The summed E-state index contributed by atoms with van der Waals surface area (Å²) in [5.74, 6) is 1.10. The Morgan fingerprint density at radius 2 is 2.14 bits per heavy atom. The summed E-state index contributed by atoms with van der Waals surface area (Å²) >= 11 is 0. The smallest absolute Gasteiger partial charge is 0.247 e. The molecule has 22 heavy (non-hydrogen) atoms. The van der Waals surface area contributed by atoms with E-state index in [0.717, 1.165) is 5.56 Å².